The van der Waals surface area contributed by atoms with Crippen molar-refractivity contribution in [3.8, 4) is 0 Å². The number of esters is 1. The highest BCUT2D eigenvalue weighted by molar-refractivity contribution is 8.05. The molecule has 1 rings (SSSR count). The molecule has 0 unspecified atom stereocenters. The van der Waals surface area contributed by atoms with Gasteiger partial charge in [-0.1, -0.05) is 17.7 Å². The second-order valence-electron chi connectivity index (χ2n) is 3.84. The van der Waals surface area contributed by atoms with Crippen molar-refractivity contribution in [2.24, 2.45) is 0 Å². The Kier molecular flexibility index (Phi) is 4.29. The van der Waals surface area contributed by atoms with E-state index >= 15 is 0 Å². The lowest BCUT2D eigenvalue weighted by Crippen LogP contribution is -2.29. The summed E-state index contributed by atoms with van der Waals surface area (Å²) in [5.41, 5.74) is 0. The van der Waals surface area contributed by atoms with Crippen LogP contribution in [0.2, 0.25) is 0 Å². The molecule has 15 heavy (non-hydrogen) atoms. The zero-order valence-electron chi connectivity index (χ0n) is 9.17. The van der Waals surface area contributed by atoms with Gasteiger partial charge in [0.15, 0.2) is 0 Å². The van der Waals surface area contributed by atoms with Gasteiger partial charge in [0.05, 0.1) is 7.11 Å². The predicted molar refractivity (Wildman–Crippen MR) is 64.9 cm³/mol. The van der Waals surface area contributed by atoms with E-state index in [4.69, 9.17) is 16.3 Å². The lowest BCUT2D eigenvalue weighted by molar-refractivity contribution is -0.142. The zero-order chi connectivity index (χ0) is 11.5. The van der Waals surface area contributed by atoms with Gasteiger partial charge in [0.2, 0.25) is 0 Å². The topological polar surface area (TPSA) is 26.3 Å². The van der Waals surface area contributed by atoms with Crippen LogP contribution in [0.5, 0.6) is 0 Å². The lowest BCUT2D eigenvalue weighted by atomic mass is 10.2. The van der Waals surface area contributed by atoms with E-state index in [-0.39, 0.29) is 5.97 Å². The minimum absolute atomic E-state index is 0.219. The van der Waals surface area contributed by atoms with Crippen LogP contribution in [0.4, 0.5) is 0 Å². The number of ether oxygens (including phenoxy) is 1. The maximum absolute atomic E-state index is 11.5. The molecule has 0 radical (unpaired) electrons. The number of hydrogen-bond donors (Lipinski definition) is 0. The molecule has 1 aliphatic rings. The number of hydrogen-bond acceptors (Lipinski definition) is 3. The van der Waals surface area contributed by atoms with Gasteiger partial charge in [-0.25, -0.2) is 0 Å². The third-order valence-corrected chi connectivity index (χ3v) is 3.57. The molecule has 0 N–H and O–H groups in total. The molecule has 1 aliphatic carbocycles. The van der Waals surface area contributed by atoms with Crippen molar-refractivity contribution in [1.29, 1.82) is 0 Å². The summed E-state index contributed by atoms with van der Waals surface area (Å²) in [6, 6.07) is 0. The van der Waals surface area contributed by atoms with Crippen LogP contribution in [0.25, 0.3) is 0 Å². The number of methoxy groups -OCH3 is 1. The summed E-state index contributed by atoms with van der Waals surface area (Å²) in [7, 11) is 1.41. The van der Waals surface area contributed by atoms with Crippen molar-refractivity contribution in [3.05, 3.63) is 22.1 Å². The Balaban J connectivity index is 2.69. The minimum Gasteiger partial charge on any atom is -0.468 e. The summed E-state index contributed by atoms with van der Waals surface area (Å²) in [4.78, 5) is 12.5. The summed E-state index contributed by atoms with van der Waals surface area (Å²) in [5, 5.41) is 0.848. The van der Waals surface area contributed by atoms with Gasteiger partial charge in [0.1, 0.15) is 4.75 Å². The Hall–Kier alpha value is -0.410. The van der Waals surface area contributed by atoms with Gasteiger partial charge in [0.25, 0.3) is 0 Å². The molecule has 0 saturated carbocycles. The van der Waals surface area contributed by atoms with E-state index in [2.05, 4.69) is 6.08 Å². The zero-order valence-corrected chi connectivity index (χ0v) is 10.7. The highest BCUT2D eigenvalue weighted by Gasteiger charge is 2.30. The minimum atomic E-state index is -0.564. The van der Waals surface area contributed by atoms with Crippen LogP contribution in [-0.2, 0) is 9.53 Å². The SMILES string of the molecule is COC(=O)C(C)(C)SC1=CCCC(Cl)=C1. The number of carbonyl (C=O) groups is 1. The van der Waals surface area contributed by atoms with Crippen molar-refractivity contribution >= 4 is 29.3 Å². The summed E-state index contributed by atoms with van der Waals surface area (Å²) in [5.74, 6) is -0.219. The Morgan fingerprint density at radius 2 is 2.27 bits per heavy atom. The molecule has 0 atom stereocenters. The maximum atomic E-state index is 11.5. The maximum Gasteiger partial charge on any atom is 0.321 e. The van der Waals surface area contributed by atoms with E-state index in [9.17, 15) is 4.79 Å². The quantitative estimate of drug-likeness (QED) is 0.714. The van der Waals surface area contributed by atoms with Crippen LogP contribution >= 0.6 is 23.4 Å². The fourth-order valence-corrected chi connectivity index (χ4v) is 2.74. The van der Waals surface area contributed by atoms with Crippen molar-refractivity contribution < 1.29 is 9.53 Å². The lowest BCUT2D eigenvalue weighted by Gasteiger charge is -2.22. The van der Waals surface area contributed by atoms with Gasteiger partial charge in [0, 0.05) is 9.94 Å². The van der Waals surface area contributed by atoms with Crippen molar-refractivity contribution in [2.75, 3.05) is 7.11 Å². The van der Waals surface area contributed by atoms with Crippen LogP contribution in [-0.4, -0.2) is 17.8 Å². The number of carbonyl (C=O) groups excluding carboxylic acids is 1. The molecule has 0 aromatic carbocycles. The smallest absolute Gasteiger partial charge is 0.321 e. The first-order chi connectivity index (χ1) is 6.95. The van der Waals surface area contributed by atoms with Crippen LogP contribution < -0.4 is 0 Å². The molecular formula is C11H15ClO2S. The van der Waals surface area contributed by atoms with Crippen molar-refractivity contribution in [3.63, 3.8) is 0 Å². The third kappa shape index (κ3) is 3.58. The molecule has 0 amide bonds. The van der Waals surface area contributed by atoms with Crippen LogP contribution in [0.1, 0.15) is 26.7 Å². The Morgan fingerprint density at radius 1 is 1.60 bits per heavy atom. The second kappa shape index (κ2) is 5.08. The molecule has 2 nitrogen and oxygen atoms in total. The fourth-order valence-electron chi connectivity index (χ4n) is 1.29. The summed E-state index contributed by atoms with van der Waals surface area (Å²) in [6.45, 7) is 3.70. The average molecular weight is 247 g/mol. The van der Waals surface area contributed by atoms with Crippen LogP contribution in [0, 0.1) is 0 Å². The van der Waals surface area contributed by atoms with Crippen molar-refractivity contribution in [1.82, 2.24) is 0 Å². The van der Waals surface area contributed by atoms with Gasteiger partial charge < -0.3 is 4.74 Å². The first-order valence-electron chi connectivity index (χ1n) is 4.79. The molecule has 0 fully saturated rings. The average Bonchev–Trinajstić information content (AvgIpc) is 2.15. The van der Waals surface area contributed by atoms with E-state index in [1.54, 1.807) is 0 Å². The van der Waals surface area contributed by atoms with E-state index in [1.165, 1.54) is 18.9 Å². The Bertz CT molecular complexity index is 319. The summed E-state index contributed by atoms with van der Waals surface area (Å²) >= 11 is 7.43. The highest BCUT2D eigenvalue weighted by atomic mass is 35.5. The number of allylic oxidation sites excluding steroid dienone is 3. The van der Waals surface area contributed by atoms with Crippen LogP contribution in [0.3, 0.4) is 0 Å². The van der Waals surface area contributed by atoms with E-state index in [1.807, 2.05) is 19.9 Å². The van der Waals surface area contributed by atoms with Crippen LogP contribution in [0.15, 0.2) is 22.1 Å². The third-order valence-electron chi connectivity index (χ3n) is 2.08. The molecular weight excluding hydrogens is 232 g/mol. The standard InChI is InChI=1S/C11H15ClO2S/c1-11(2,10(13)14-3)15-9-6-4-5-8(12)7-9/h6-7H,4-5H2,1-3H3. The first kappa shape index (κ1) is 12.7. The molecule has 0 bridgehead atoms. The number of rotatable bonds is 3. The number of thioether (sulfide) groups is 1. The van der Waals surface area contributed by atoms with Gasteiger partial charge in [-0.15, -0.1) is 11.8 Å². The molecule has 0 aromatic heterocycles. The largest absolute Gasteiger partial charge is 0.468 e. The summed E-state index contributed by atoms with van der Waals surface area (Å²) < 4.78 is 4.18. The van der Waals surface area contributed by atoms with Gasteiger partial charge in [-0.2, -0.15) is 0 Å². The molecule has 0 aromatic rings. The van der Waals surface area contributed by atoms with Gasteiger partial charge >= 0.3 is 5.97 Å². The van der Waals surface area contributed by atoms with Crippen molar-refractivity contribution in [2.45, 2.75) is 31.4 Å². The monoisotopic (exact) mass is 246 g/mol. The first-order valence-corrected chi connectivity index (χ1v) is 5.99. The fraction of sp³-hybridized carbons (Fsp3) is 0.545. The molecule has 0 aliphatic heterocycles. The molecule has 0 spiro atoms. The normalized spacial score (nSPS) is 16.8. The summed E-state index contributed by atoms with van der Waals surface area (Å²) in [6.07, 6.45) is 5.85. The Morgan fingerprint density at radius 3 is 2.80 bits per heavy atom. The molecule has 0 saturated heterocycles. The molecule has 0 heterocycles. The van der Waals surface area contributed by atoms with Gasteiger partial charge in [-0.3, -0.25) is 4.79 Å². The van der Waals surface area contributed by atoms with E-state index in [0.717, 1.165) is 22.8 Å². The Labute approximate surface area is 99.7 Å². The number of halogens is 1. The highest BCUT2D eigenvalue weighted by Crippen LogP contribution is 2.37. The molecule has 4 heteroatoms. The van der Waals surface area contributed by atoms with E-state index in [0.29, 0.717) is 0 Å². The second-order valence-corrected chi connectivity index (χ2v) is 6.02. The molecule has 84 valence electrons. The van der Waals surface area contributed by atoms with Gasteiger partial charge in [-0.05, 0) is 32.8 Å². The predicted octanol–water partition coefficient (Wildman–Crippen LogP) is 3.47. The van der Waals surface area contributed by atoms with E-state index < -0.39 is 4.75 Å².